The number of benzene rings is 3. The van der Waals surface area contributed by atoms with Crippen LogP contribution in [0.15, 0.2) is 72.3 Å². The molecule has 3 aromatic carbocycles. The van der Waals surface area contributed by atoms with Gasteiger partial charge in [0.15, 0.2) is 0 Å². The van der Waals surface area contributed by atoms with Crippen molar-refractivity contribution in [3.05, 3.63) is 100 Å². The van der Waals surface area contributed by atoms with Crippen LogP contribution in [0.5, 0.6) is 0 Å². The summed E-state index contributed by atoms with van der Waals surface area (Å²) in [6.45, 7) is 10.2. The van der Waals surface area contributed by atoms with Crippen LogP contribution < -0.4 is 9.80 Å². The molecular formula is C31H34N2O3. The molecule has 0 saturated carbocycles. The molecule has 1 N–H and O–H groups in total. The first kappa shape index (κ1) is 25.2. The third-order valence-corrected chi connectivity index (χ3v) is 6.81. The fraction of sp³-hybridized carbons (Fsp3) is 0.290. The fourth-order valence-electron chi connectivity index (χ4n) is 4.65. The summed E-state index contributed by atoms with van der Waals surface area (Å²) in [6, 6.07) is 20.4. The van der Waals surface area contributed by atoms with Crippen LogP contribution in [-0.2, 0) is 15.0 Å². The Bertz CT molecular complexity index is 1360. The highest BCUT2D eigenvalue weighted by Gasteiger charge is 2.47. The van der Waals surface area contributed by atoms with Crippen LogP contribution >= 0.6 is 0 Å². The maximum absolute atomic E-state index is 13.5. The van der Waals surface area contributed by atoms with Crippen molar-refractivity contribution in [1.29, 1.82) is 0 Å². The molecule has 1 fully saturated rings. The number of nitrogens with zero attached hydrogens (tertiary/aromatic N) is 2. The number of anilines is 2. The standard InChI is InChI=1S/C31H34N2O3/c1-19-9-8-10-21(17-19)27-26(28(34)25-18-22(31(3,4)5)12-11-20(25)2)29(35)30(36)33(27)24-15-13-23(14-16-24)32(6)7/h8-18,27,34H,1-7H3/b28-26+. The van der Waals surface area contributed by atoms with E-state index in [1.807, 2.05) is 99.6 Å². The van der Waals surface area contributed by atoms with Gasteiger partial charge in [-0.25, -0.2) is 0 Å². The third kappa shape index (κ3) is 4.53. The Labute approximate surface area is 213 Å². The zero-order valence-corrected chi connectivity index (χ0v) is 22.1. The summed E-state index contributed by atoms with van der Waals surface area (Å²) >= 11 is 0. The molecule has 0 spiro atoms. The van der Waals surface area contributed by atoms with Crippen molar-refractivity contribution in [2.75, 3.05) is 23.9 Å². The second-order valence-corrected chi connectivity index (χ2v) is 10.8. The first-order valence-electron chi connectivity index (χ1n) is 12.2. The first-order chi connectivity index (χ1) is 16.9. The van der Waals surface area contributed by atoms with Gasteiger partial charge >= 0.3 is 0 Å². The minimum atomic E-state index is -0.743. The lowest BCUT2D eigenvalue weighted by Crippen LogP contribution is -2.29. The molecule has 186 valence electrons. The van der Waals surface area contributed by atoms with Gasteiger partial charge in [0.25, 0.3) is 11.7 Å². The molecule has 0 aliphatic carbocycles. The van der Waals surface area contributed by atoms with Gasteiger partial charge in [0.05, 0.1) is 11.6 Å². The topological polar surface area (TPSA) is 60.9 Å². The highest BCUT2D eigenvalue weighted by molar-refractivity contribution is 6.51. The van der Waals surface area contributed by atoms with E-state index < -0.39 is 17.7 Å². The molecule has 1 aliphatic heterocycles. The zero-order chi connectivity index (χ0) is 26.4. The number of rotatable bonds is 4. The van der Waals surface area contributed by atoms with E-state index in [1.165, 1.54) is 4.90 Å². The molecule has 1 atom stereocenters. The first-order valence-corrected chi connectivity index (χ1v) is 12.2. The lowest BCUT2D eigenvalue weighted by molar-refractivity contribution is -0.132. The van der Waals surface area contributed by atoms with Crippen molar-refractivity contribution in [3.63, 3.8) is 0 Å². The molecule has 1 saturated heterocycles. The predicted octanol–water partition coefficient (Wildman–Crippen LogP) is 6.29. The van der Waals surface area contributed by atoms with Crippen molar-refractivity contribution in [2.45, 2.75) is 46.1 Å². The van der Waals surface area contributed by atoms with Gasteiger partial charge in [-0.3, -0.25) is 14.5 Å². The number of hydrogen-bond acceptors (Lipinski definition) is 4. The number of ketones is 1. The van der Waals surface area contributed by atoms with Gasteiger partial charge in [-0.2, -0.15) is 0 Å². The number of aliphatic hydroxyl groups is 1. The van der Waals surface area contributed by atoms with E-state index in [9.17, 15) is 14.7 Å². The minimum absolute atomic E-state index is 0.108. The summed E-state index contributed by atoms with van der Waals surface area (Å²) in [4.78, 5) is 30.5. The number of amides is 1. The quantitative estimate of drug-likeness (QED) is 0.270. The molecule has 36 heavy (non-hydrogen) atoms. The van der Waals surface area contributed by atoms with Crippen LogP contribution in [0, 0.1) is 13.8 Å². The molecule has 1 aliphatic rings. The fourth-order valence-corrected chi connectivity index (χ4v) is 4.65. The second kappa shape index (κ2) is 9.30. The summed E-state index contributed by atoms with van der Waals surface area (Å²) < 4.78 is 0. The van der Waals surface area contributed by atoms with Crippen LogP contribution in [0.1, 0.15) is 54.6 Å². The maximum Gasteiger partial charge on any atom is 0.300 e. The summed E-state index contributed by atoms with van der Waals surface area (Å²) in [6.07, 6.45) is 0. The molecule has 1 heterocycles. The van der Waals surface area contributed by atoms with Gasteiger partial charge in [-0.05, 0) is 66.3 Å². The van der Waals surface area contributed by atoms with Crippen LogP contribution in [0.3, 0.4) is 0 Å². The molecule has 1 unspecified atom stereocenters. The van der Waals surface area contributed by atoms with Crippen molar-refractivity contribution in [2.24, 2.45) is 0 Å². The van der Waals surface area contributed by atoms with E-state index in [1.54, 1.807) is 0 Å². The number of aryl methyl sites for hydroxylation is 2. The molecule has 1 amide bonds. The van der Waals surface area contributed by atoms with Gasteiger partial charge in [0.1, 0.15) is 5.76 Å². The maximum atomic E-state index is 13.5. The molecule has 3 aromatic rings. The number of Topliss-reactive ketones (excluding diaryl/α,β-unsaturated/α-hetero) is 1. The normalized spacial score (nSPS) is 17.5. The van der Waals surface area contributed by atoms with Crippen LogP contribution in [0.4, 0.5) is 11.4 Å². The molecule has 4 rings (SSSR count). The van der Waals surface area contributed by atoms with Crippen molar-refractivity contribution in [3.8, 4) is 0 Å². The van der Waals surface area contributed by atoms with Crippen LogP contribution in [0.25, 0.3) is 5.76 Å². The van der Waals surface area contributed by atoms with E-state index in [0.29, 0.717) is 11.3 Å². The lowest BCUT2D eigenvalue weighted by Gasteiger charge is -2.26. The molecule has 0 aromatic heterocycles. The lowest BCUT2D eigenvalue weighted by atomic mass is 9.84. The Morgan fingerprint density at radius 1 is 0.917 bits per heavy atom. The summed E-state index contributed by atoms with van der Waals surface area (Å²) in [7, 11) is 3.89. The Hall–Kier alpha value is -3.86. The highest BCUT2D eigenvalue weighted by atomic mass is 16.3. The summed E-state index contributed by atoms with van der Waals surface area (Å²) in [5.41, 5.74) is 5.78. The predicted molar refractivity (Wildman–Crippen MR) is 147 cm³/mol. The van der Waals surface area contributed by atoms with Crippen molar-refractivity contribution >= 4 is 28.8 Å². The van der Waals surface area contributed by atoms with Gasteiger partial charge < -0.3 is 10.0 Å². The number of aliphatic hydroxyl groups excluding tert-OH is 1. The van der Waals surface area contributed by atoms with E-state index in [0.717, 1.165) is 27.9 Å². The summed E-state index contributed by atoms with van der Waals surface area (Å²) in [5.74, 6) is -1.47. The zero-order valence-electron chi connectivity index (χ0n) is 22.1. The number of carbonyl (C=O) groups is 2. The molecule has 0 radical (unpaired) electrons. The Balaban J connectivity index is 1.96. The molecular weight excluding hydrogens is 448 g/mol. The van der Waals surface area contributed by atoms with Gasteiger partial charge in [-0.1, -0.05) is 62.7 Å². The van der Waals surface area contributed by atoms with Crippen molar-refractivity contribution in [1.82, 2.24) is 0 Å². The smallest absolute Gasteiger partial charge is 0.300 e. The van der Waals surface area contributed by atoms with E-state index in [4.69, 9.17) is 0 Å². The van der Waals surface area contributed by atoms with Gasteiger partial charge in [-0.15, -0.1) is 0 Å². The van der Waals surface area contributed by atoms with Crippen LogP contribution in [0.2, 0.25) is 0 Å². The third-order valence-electron chi connectivity index (χ3n) is 6.81. The average molecular weight is 483 g/mol. The Kier molecular flexibility index (Phi) is 6.52. The average Bonchev–Trinajstić information content (AvgIpc) is 3.08. The van der Waals surface area contributed by atoms with Gasteiger partial charge in [0.2, 0.25) is 0 Å². The number of carbonyl (C=O) groups excluding carboxylic acids is 2. The molecule has 0 bridgehead atoms. The largest absolute Gasteiger partial charge is 0.507 e. The highest BCUT2D eigenvalue weighted by Crippen LogP contribution is 2.43. The van der Waals surface area contributed by atoms with E-state index in [-0.39, 0.29) is 16.7 Å². The van der Waals surface area contributed by atoms with Crippen molar-refractivity contribution < 1.29 is 14.7 Å². The molecule has 5 nitrogen and oxygen atoms in total. The minimum Gasteiger partial charge on any atom is -0.507 e. The number of hydrogen-bond donors (Lipinski definition) is 1. The summed E-state index contributed by atoms with van der Waals surface area (Å²) in [5, 5.41) is 11.6. The molecule has 5 heteroatoms. The SMILES string of the molecule is Cc1cccc(C2/C(=C(\O)c3cc(C(C)(C)C)ccc3C)C(=O)C(=O)N2c2ccc(N(C)C)cc2)c1. The monoisotopic (exact) mass is 482 g/mol. The van der Waals surface area contributed by atoms with E-state index in [2.05, 4.69) is 20.8 Å². The van der Waals surface area contributed by atoms with E-state index >= 15 is 0 Å². The second-order valence-electron chi connectivity index (χ2n) is 10.8. The Morgan fingerprint density at radius 2 is 1.58 bits per heavy atom. The van der Waals surface area contributed by atoms with Crippen LogP contribution in [-0.4, -0.2) is 30.9 Å². The van der Waals surface area contributed by atoms with Gasteiger partial charge in [0, 0.05) is 31.0 Å². The Morgan fingerprint density at radius 3 is 2.17 bits per heavy atom.